The third-order valence-corrected chi connectivity index (χ3v) is 6.24. The molecule has 4 heterocycles. The highest BCUT2D eigenvalue weighted by atomic mass is 16.3. The van der Waals surface area contributed by atoms with E-state index in [-0.39, 0.29) is 0 Å². The Balaban J connectivity index is 1.50. The van der Waals surface area contributed by atoms with Crippen molar-refractivity contribution in [2.75, 3.05) is 5.32 Å². The zero-order valence-electron chi connectivity index (χ0n) is 17.2. The number of nitrogens with one attached hydrogen (secondary N) is 2. The van der Waals surface area contributed by atoms with Crippen LogP contribution >= 0.6 is 0 Å². The summed E-state index contributed by atoms with van der Waals surface area (Å²) in [7, 11) is 0. The van der Waals surface area contributed by atoms with Gasteiger partial charge < -0.3 is 20.0 Å². The highest BCUT2D eigenvalue weighted by Crippen LogP contribution is 2.38. The second kappa shape index (κ2) is 8.36. The van der Waals surface area contributed by atoms with Crippen molar-refractivity contribution in [2.24, 2.45) is 5.92 Å². The average molecular weight is 416 g/mol. The van der Waals surface area contributed by atoms with Gasteiger partial charge in [-0.15, -0.1) is 0 Å². The van der Waals surface area contributed by atoms with Crippen molar-refractivity contribution in [1.82, 2.24) is 24.5 Å². The molecule has 3 N–H and O–H groups in total. The molecule has 1 atom stereocenters. The van der Waals surface area contributed by atoms with Gasteiger partial charge in [0.15, 0.2) is 0 Å². The molecule has 8 heteroatoms. The number of hydrogen-bond donors (Lipinski definition) is 3. The van der Waals surface area contributed by atoms with Crippen molar-refractivity contribution >= 4 is 27.8 Å². The summed E-state index contributed by atoms with van der Waals surface area (Å²) in [5.41, 5.74) is 3.52. The van der Waals surface area contributed by atoms with Crippen LogP contribution in [0.4, 0.5) is 5.69 Å². The van der Waals surface area contributed by atoms with Crippen molar-refractivity contribution in [1.29, 1.82) is 5.26 Å². The predicted molar refractivity (Wildman–Crippen MR) is 118 cm³/mol. The van der Waals surface area contributed by atoms with Gasteiger partial charge in [-0.3, -0.25) is 4.98 Å². The molecule has 1 unspecified atom stereocenters. The van der Waals surface area contributed by atoms with Crippen LogP contribution in [0.25, 0.3) is 22.1 Å². The number of aromatic amines is 1. The Bertz CT molecular complexity index is 1220. The SMILES string of the molecule is N#CC[C@H]1CC[C@H](n2c(CC(O)Nc3cccnc3)nc3cnc4[nH]ccc4c32)CC1. The number of rotatable bonds is 6. The molecule has 1 saturated carbocycles. The molecule has 4 aromatic rings. The molecule has 0 bridgehead atoms. The summed E-state index contributed by atoms with van der Waals surface area (Å²) in [6, 6.07) is 8.36. The maximum absolute atomic E-state index is 10.7. The number of fused-ring (bicyclic) bond motifs is 3. The van der Waals surface area contributed by atoms with Gasteiger partial charge in [0, 0.05) is 36.4 Å². The van der Waals surface area contributed by atoms with E-state index >= 15 is 0 Å². The van der Waals surface area contributed by atoms with E-state index in [1.165, 1.54) is 0 Å². The Hall–Kier alpha value is -3.44. The second-order valence-corrected chi connectivity index (χ2v) is 8.27. The van der Waals surface area contributed by atoms with E-state index in [1.54, 1.807) is 18.6 Å². The van der Waals surface area contributed by atoms with Gasteiger partial charge in [-0.25, -0.2) is 9.97 Å². The van der Waals surface area contributed by atoms with Gasteiger partial charge in [-0.1, -0.05) is 0 Å². The van der Waals surface area contributed by atoms with Crippen molar-refractivity contribution in [3.05, 3.63) is 48.8 Å². The monoisotopic (exact) mass is 415 g/mol. The van der Waals surface area contributed by atoms with Crippen LogP contribution in [0.15, 0.2) is 43.0 Å². The van der Waals surface area contributed by atoms with Gasteiger partial charge in [0.25, 0.3) is 0 Å². The Kier molecular flexibility index (Phi) is 5.26. The first-order valence-corrected chi connectivity index (χ1v) is 10.8. The molecule has 0 aromatic carbocycles. The Morgan fingerprint density at radius 3 is 2.90 bits per heavy atom. The van der Waals surface area contributed by atoms with E-state index in [9.17, 15) is 5.11 Å². The molecule has 0 aliphatic heterocycles. The van der Waals surface area contributed by atoms with E-state index in [0.29, 0.717) is 24.8 Å². The molecule has 4 aromatic heterocycles. The summed E-state index contributed by atoms with van der Waals surface area (Å²) in [6.07, 6.45) is 11.4. The molecule has 158 valence electrons. The first-order chi connectivity index (χ1) is 15.2. The molecule has 1 aliphatic rings. The fourth-order valence-corrected chi connectivity index (χ4v) is 4.78. The Morgan fingerprint density at radius 1 is 1.26 bits per heavy atom. The number of imidazole rings is 1. The lowest BCUT2D eigenvalue weighted by Gasteiger charge is -2.30. The number of nitriles is 1. The topological polar surface area (TPSA) is 115 Å². The quantitative estimate of drug-likeness (QED) is 0.411. The van der Waals surface area contributed by atoms with Crippen LogP contribution in [0.3, 0.4) is 0 Å². The molecule has 5 rings (SSSR count). The molecule has 0 amide bonds. The van der Waals surface area contributed by atoms with Gasteiger partial charge in [0.05, 0.1) is 29.9 Å². The second-order valence-electron chi connectivity index (χ2n) is 8.27. The molecule has 0 saturated heterocycles. The van der Waals surface area contributed by atoms with Crippen LogP contribution in [0.5, 0.6) is 0 Å². The van der Waals surface area contributed by atoms with Gasteiger partial charge in [-0.05, 0) is 49.8 Å². The summed E-state index contributed by atoms with van der Waals surface area (Å²) >= 11 is 0. The molecule has 0 radical (unpaired) electrons. The molecule has 0 spiro atoms. The van der Waals surface area contributed by atoms with Crippen LogP contribution in [0, 0.1) is 17.2 Å². The van der Waals surface area contributed by atoms with Gasteiger partial charge in [-0.2, -0.15) is 5.26 Å². The number of aliphatic hydroxyl groups excluding tert-OH is 1. The normalized spacial score (nSPS) is 20.0. The maximum atomic E-state index is 10.7. The number of nitrogens with zero attached hydrogens (tertiary/aromatic N) is 5. The molecule has 31 heavy (non-hydrogen) atoms. The summed E-state index contributed by atoms with van der Waals surface area (Å²) in [5.74, 6) is 1.32. The summed E-state index contributed by atoms with van der Waals surface area (Å²) < 4.78 is 2.31. The number of pyridine rings is 2. The number of anilines is 1. The van der Waals surface area contributed by atoms with E-state index in [1.807, 2.05) is 24.4 Å². The molecule has 1 fully saturated rings. The minimum Gasteiger partial charge on any atom is -0.373 e. The van der Waals surface area contributed by atoms with Crippen LogP contribution in [0.2, 0.25) is 0 Å². The van der Waals surface area contributed by atoms with Crippen LogP contribution in [0.1, 0.15) is 44.0 Å². The molecule has 8 nitrogen and oxygen atoms in total. The van der Waals surface area contributed by atoms with Crippen molar-refractivity contribution in [2.45, 2.75) is 50.8 Å². The first kappa shape index (κ1) is 19.5. The van der Waals surface area contributed by atoms with Gasteiger partial charge >= 0.3 is 0 Å². The first-order valence-electron chi connectivity index (χ1n) is 10.8. The Morgan fingerprint density at radius 2 is 2.13 bits per heavy atom. The van der Waals surface area contributed by atoms with Gasteiger partial charge in [0.1, 0.15) is 23.2 Å². The zero-order valence-corrected chi connectivity index (χ0v) is 17.2. The number of H-pyrrole nitrogens is 1. The van der Waals surface area contributed by atoms with E-state index in [4.69, 9.17) is 10.2 Å². The fraction of sp³-hybridized carbons (Fsp3) is 0.391. The van der Waals surface area contributed by atoms with Crippen LogP contribution in [-0.4, -0.2) is 35.8 Å². The van der Waals surface area contributed by atoms with E-state index in [0.717, 1.165) is 59.3 Å². The summed E-state index contributed by atoms with van der Waals surface area (Å²) in [6.45, 7) is 0. The van der Waals surface area contributed by atoms with Crippen LogP contribution in [-0.2, 0) is 6.42 Å². The lowest BCUT2D eigenvalue weighted by Crippen LogP contribution is -2.26. The zero-order chi connectivity index (χ0) is 21.2. The van der Waals surface area contributed by atoms with Crippen LogP contribution < -0.4 is 5.32 Å². The Labute approximate surface area is 180 Å². The standard InChI is InChI=1S/C23H25N7O/c24-9-7-15-3-5-17(6-4-15)30-20(12-21(31)28-16-2-1-10-25-13-16)29-19-14-27-23-18(22(19)30)8-11-26-23/h1-2,8,10-11,13-15,17,21,28,31H,3-7,12H2,(H,26,27)/t15-,17-,21?. The summed E-state index contributed by atoms with van der Waals surface area (Å²) in [4.78, 5) is 16.7. The minimum atomic E-state index is -0.788. The number of aliphatic hydroxyl groups is 1. The maximum Gasteiger partial charge on any atom is 0.139 e. The van der Waals surface area contributed by atoms with Crippen molar-refractivity contribution < 1.29 is 5.11 Å². The highest BCUT2D eigenvalue weighted by molar-refractivity contribution is 6.01. The lowest BCUT2D eigenvalue weighted by molar-refractivity contribution is 0.196. The van der Waals surface area contributed by atoms with Crippen molar-refractivity contribution in [3.63, 3.8) is 0 Å². The third kappa shape index (κ3) is 3.84. The lowest BCUT2D eigenvalue weighted by atomic mass is 9.84. The molecular formula is C23H25N7O. The summed E-state index contributed by atoms with van der Waals surface area (Å²) in [5, 5.41) is 23.9. The predicted octanol–water partition coefficient (Wildman–Crippen LogP) is 3.93. The number of hydrogen-bond acceptors (Lipinski definition) is 6. The third-order valence-electron chi connectivity index (χ3n) is 6.24. The minimum absolute atomic E-state index is 0.293. The van der Waals surface area contributed by atoms with Crippen molar-refractivity contribution in [3.8, 4) is 6.07 Å². The van der Waals surface area contributed by atoms with E-state index in [2.05, 4.69) is 30.9 Å². The largest absolute Gasteiger partial charge is 0.373 e. The van der Waals surface area contributed by atoms with E-state index < -0.39 is 6.23 Å². The molecule has 1 aliphatic carbocycles. The number of aromatic nitrogens is 5. The fourth-order valence-electron chi connectivity index (χ4n) is 4.78. The smallest absolute Gasteiger partial charge is 0.139 e. The average Bonchev–Trinajstić information content (AvgIpc) is 3.39. The molecular weight excluding hydrogens is 390 g/mol. The highest BCUT2D eigenvalue weighted by Gasteiger charge is 2.27. The van der Waals surface area contributed by atoms with Gasteiger partial charge in [0.2, 0.25) is 0 Å².